The lowest BCUT2D eigenvalue weighted by Crippen LogP contribution is -2.44. The number of aromatic nitrogens is 1. The molecule has 1 atom stereocenters. The van der Waals surface area contributed by atoms with Crippen LogP contribution in [0.5, 0.6) is 0 Å². The molecule has 0 radical (unpaired) electrons. The van der Waals surface area contributed by atoms with Crippen molar-refractivity contribution in [1.29, 1.82) is 0 Å². The van der Waals surface area contributed by atoms with Gasteiger partial charge in [0.1, 0.15) is 6.54 Å². The van der Waals surface area contributed by atoms with Crippen LogP contribution in [0.2, 0.25) is 0 Å². The zero-order valence-corrected chi connectivity index (χ0v) is 10.8. The zero-order chi connectivity index (χ0) is 13.0. The lowest BCUT2D eigenvalue weighted by molar-refractivity contribution is -0.135. The van der Waals surface area contributed by atoms with Gasteiger partial charge in [-0.15, -0.1) is 0 Å². The van der Waals surface area contributed by atoms with Crippen LogP contribution in [0.3, 0.4) is 0 Å². The Morgan fingerprint density at radius 3 is 3.06 bits per heavy atom. The highest BCUT2D eigenvalue weighted by Gasteiger charge is 2.25. The van der Waals surface area contributed by atoms with Crippen LogP contribution in [0, 0.1) is 0 Å². The van der Waals surface area contributed by atoms with Crippen LogP contribution in [0.4, 0.5) is 0 Å². The Kier molecular flexibility index (Phi) is 4.18. The van der Waals surface area contributed by atoms with E-state index >= 15 is 0 Å². The van der Waals surface area contributed by atoms with Crippen LogP contribution >= 0.6 is 0 Å². The van der Waals surface area contributed by atoms with E-state index in [1.165, 1.54) is 6.42 Å². The van der Waals surface area contributed by atoms with Crippen LogP contribution in [-0.4, -0.2) is 34.2 Å². The van der Waals surface area contributed by atoms with Gasteiger partial charge in [-0.05, 0) is 37.8 Å². The first-order chi connectivity index (χ1) is 8.76. The fraction of sp³-hybridized carbons (Fsp3) is 0.571. The molecular formula is C14H20N2O2. The Morgan fingerprint density at radius 2 is 2.33 bits per heavy atom. The summed E-state index contributed by atoms with van der Waals surface area (Å²) < 4.78 is 1.72. The molecule has 2 heterocycles. The molecule has 1 saturated heterocycles. The van der Waals surface area contributed by atoms with Crippen molar-refractivity contribution in [1.82, 2.24) is 9.47 Å². The van der Waals surface area contributed by atoms with Crippen molar-refractivity contribution in [2.45, 2.75) is 45.2 Å². The first-order valence-electron chi connectivity index (χ1n) is 6.66. The molecule has 1 aliphatic rings. The minimum Gasteiger partial charge on any atom is -0.338 e. The summed E-state index contributed by atoms with van der Waals surface area (Å²) in [5.41, 5.74) is 0.563. The average Bonchev–Trinajstić information content (AvgIpc) is 2.85. The first-order valence-corrected chi connectivity index (χ1v) is 6.66. The normalized spacial score (nSPS) is 19.8. The van der Waals surface area contributed by atoms with Crippen molar-refractivity contribution in [3.8, 4) is 0 Å². The second-order valence-corrected chi connectivity index (χ2v) is 4.82. The lowest BCUT2D eigenvalue weighted by Gasteiger charge is -2.35. The molecule has 2 rings (SSSR count). The predicted molar refractivity (Wildman–Crippen MR) is 69.5 cm³/mol. The van der Waals surface area contributed by atoms with Crippen molar-refractivity contribution < 1.29 is 9.59 Å². The largest absolute Gasteiger partial charge is 0.338 e. The molecule has 0 unspecified atom stereocenters. The maximum absolute atomic E-state index is 12.3. The third-order valence-corrected chi connectivity index (χ3v) is 3.71. The Balaban J connectivity index is 2.04. The van der Waals surface area contributed by atoms with Gasteiger partial charge in [-0.1, -0.05) is 6.92 Å². The summed E-state index contributed by atoms with van der Waals surface area (Å²) in [5.74, 6) is 0.126. The van der Waals surface area contributed by atoms with E-state index in [0.717, 1.165) is 32.1 Å². The fourth-order valence-corrected chi connectivity index (χ4v) is 2.67. The summed E-state index contributed by atoms with van der Waals surface area (Å²) in [6.07, 6.45) is 7.00. The SMILES string of the molecule is CC[C@@H]1CCCCN1C(=O)Cn1cccc1C=O. The molecule has 98 valence electrons. The molecule has 0 saturated carbocycles. The molecule has 18 heavy (non-hydrogen) atoms. The quantitative estimate of drug-likeness (QED) is 0.766. The number of rotatable bonds is 4. The smallest absolute Gasteiger partial charge is 0.242 e. The van der Waals surface area contributed by atoms with Crippen molar-refractivity contribution in [2.24, 2.45) is 0 Å². The molecule has 0 aromatic carbocycles. The van der Waals surface area contributed by atoms with Crippen LogP contribution in [0.15, 0.2) is 18.3 Å². The van der Waals surface area contributed by atoms with E-state index in [0.29, 0.717) is 11.7 Å². The molecule has 0 spiro atoms. The van der Waals surface area contributed by atoms with E-state index in [2.05, 4.69) is 6.92 Å². The number of piperidine rings is 1. The van der Waals surface area contributed by atoms with Crippen LogP contribution in [0.25, 0.3) is 0 Å². The molecule has 4 nitrogen and oxygen atoms in total. The third-order valence-electron chi connectivity index (χ3n) is 3.71. The average molecular weight is 248 g/mol. The maximum atomic E-state index is 12.3. The van der Waals surface area contributed by atoms with Gasteiger partial charge in [-0.2, -0.15) is 0 Å². The number of hydrogen-bond donors (Lipinski definition) is 0. The standard InChI is InChI=1S/C14H20N2O2/c1-2-12-6-3-4-9-16(12)14(18)10-15-8-5-7-13(15)11-17/h5,7-8,11-12H,2-4,6,9-10H2,1H3/t12-/m1/s1. The molecule has 1 aromatic rings. The van der Waals surface area contributed by atoms with Gasteiger partial charge in [0.2, 0.25) is 5.91 Å². The highest BCUT2D eigenvalue weighted by molar-refractivity contribution is 5.78. The zero-order valence-electron chi connectivity index (χ0n) is 10.8. The van der Waals surface area contributed by atoms with Crippen LogP contribution in [-0.2, 0) is 11.3 Å². The third kappa shape index (κ3) is 2.63. The molecule has 4 heteroatoms. The van der Waals surface area contributed by atoms with Gasteiger partial charge in [0.15, 0.2) is 6.29 Å². The molecule has 1 amide bonds. The number of likely N-dealkylation sites (tertiary alicyclic amines) is 1. The molecule has 0 N–H and O–H groups in total. The summed E-state index contributed by atoms with van der Waals surface area (Å²) in [4.78, 5) is 25.1. The fourth-order valence-electron chi connectivity index (χ4n) is 2.67. The Bertz CT molecular complexity index is 425. The van der Waals surface area contributed by atoms with Crippen molar-refractivity contribution in [3.63, 3.8) is 0 Å². The van der Waals surface area contributed by atoms with E-state index in [1.54, 1.807) is 22.9 Å². The van der Waals surface area contributed by atoms with Gasteiger partial charge in [-0.3, -0.25) is 9.59 Å². The number of carbonyl (C=O) groups excluding carboxylic acids is 2. The second-order valence-electron chi connectivity index (χ2n) is 4.82. The van der Waals surface area contributed by atoms with Crippen LogP contribution < -0.4 is 0 Å². The minimum atomic E-state index is 0.126. The lowest BCUT2D eigenvalue weighted by atomic mass is 10.00. The van der Waals surface area contributed by atoms with Gasteiger partial charge in [0.25, 0.3) is 0 Å². The molecule has 1 aliphatic heterocycles. The number of hydrogen-bond acceptors (Lipinski definition) is 2. The second kappa shape index (κ2) is 5.85. The minimum absolute atomic E-state index is 0.126. The van der Waals surface area contributed by atoms with E-state index in [9.17, 15) is 9.59 Å². The monoisotopic (exact) mass is 248 g/mol. The van der Waals surface area contributed by atoms with E-state index < -0.39 is 0 Å². The summed E-state index contributed by atoms with van der Waals surface area (Å²) in [5, 5.41) is 0. The van der Waals surface area contributed by atoms with E-state index in [1.807, 2.05) is 4.90 Å². The predicted octanol–water partition coefficient (Wildman–Crippen LogP) is 2.09. The molecule has 1 aromatic heterocycles. The van der Waals surface area contributed by atoms with Crippen molar-refractivity contribution in [3.05, 3.63) is 24.0 Å². The maximum Gasteiger partial charge on any atom is 0.242 e. The van der Waals surface area contributed by atoms with Crippen molar-refractivity contribution >= 4 is 12.2 Å². The van der Waals surface area contributed by atoms with E-state index in [-0.39, 0.29) is 12.5 Å². The van der Waals surface area contributed by atoms with Gasteiger partial charge < -0.3 is 9.47 Å². The highest BCUT2D eigenvalue weighted by atomic mass is 16.2. The molecule has 1 fully saturated rings. The summed E-state index contributed by atoms with van der Waals surface area (Å²) >= 11 is 0. The number of aldehydes is 1. The topological polar surface area (TPSA) is 42.3 Å². The highest BCUT2D eigenvalue weighted by Crippen LogP contribution is 2.20. The molecular weight excluding hydrogens is 228 g/mol. The van der Waals surface area contributed by atoms with Crippen LogP contribution in [0.1, 0.15) is 43.1 Å². The number of amides is 1. The summed E-state index contributed by atoms with van der Waals surface area (Å²) in [6.45, 7) is 3.26. The van der Waals surface area contributed by atoms with Gasteiger partial charge in [-0.25, -0.2) is 0 Å². The molecule has 0 bridgehead atoms. The van der Waals surface area contributed by atoms with Crippen molar-refractivity contribution in [2.75, 3.05) is 6.54 Å². The first kappa shape index (κ1) is 12.9. The summed E-state index contributed by atoms with van der Waals surface area (Å²) in [6, 6.07) is 3.90. The molecule has 0 aliphatic carbocycles. The van der Waals surface area contributed by atoms with Gasteiger partial charge in [0, 0.05) is 18.8 Å². The Labute approximate surface area is 108 Å². The Morgan fingerprint density at radius 1 is 1.50 bits per heavy atom. The van der Waals surface area contributed by atoms with Gasteiger partial charge >= 0.3 is 0 Å². The number of carbonyl (C=O) groups is 2. The van der Waals surface area contributed by atoms with Gasteiger partial charge in [0.05, 0.1) is 5.69 Å². The summed E-state index contributed by atoms with van der Waals surface area (Å²) in [7, 11) is 0. The Hall–Kier alpha value is -1.58. The number of nitrogens with zero attached hydrogens (tertiary/aromatic N) is 2. The van der Waals surface area contributed by atoms with E-state index in [4.69, 9.17) is 0 Å².